The number of amides is 1. The monoisotopic (exact) mass is 403 g/mol. The van der Waals surface area contributed by atoms with E-state index in [0.29, 0.717) is 5.56 Å². The van der Waals surface area contributed by atoms with Gasteiger partial charge in [0.25, 0.3) is 5.69 Å². The number of nitrogens with zero attached hydrogens (tertiary/aromatic N) is 2. The summed E-state index contributed by atoms with van der Waals surface area (Å²) in [7, 11) is 0. The summed E-state index contributed by atoms with van der Waals surface area (Å²) in [4.78, 5) is 34.2. The number of hydrogen-bond acceptors (Lipinski definition) is 6. The van der Waals surface area contributed by atoms with Gasteiger partial charge in [-0.25, -0.2) is 10.2 Å². The number of hydrazone groups is 1. The van der Waals surface area contributed by atoms with E-state index in [1.165, 1.54) is 30.5 Å². The lowest BCUT2D eigenvalue weighted by atomic mass is 10.1. The zero-order valence-electron chi connectivity index (χ0n) is 15.7. The molecule has 0 aliphatic rings. The molecular formula is C22H17N3O5. The molecule has 8 heteroatoms. The molecule has 3 aromatic carbocycles. The largest absolute Gasteiger partial charge is 0.423 e. The molecule has 0 aromatic heterocycles. The maximum atomic E-state index is 12.2. The molecule has 0 saturated carbocycles. The fourth-order valence-corrected chi connectivity index (χ4v) is 2.54. The highest BCUT2D eigenvalue weighted by Gasteiger charge is 2.11. The number of esters is 1. The average molecular weight is 403 g/mol. The van der Waals surface area contributed by atoms with Gasteiger partial charge in [0.2, 0.25) is 5.91 Å². The fourth-order valence-electron chi connectivity index (χ4n) is 2.54. The Morgan fingerprint density at radius 3 is 2.43 bits per heavy atom. The SMILES string of the molecule is O=C(Cc1ccccc1)N/N=C\c1cccc(OC(=O)c2ccc([N+](=O)[O-])cc2)c1. The number of non-ortho nitro benzene ring substituents is 1. The molecule has 1 N–H and O–H groups in total. The standard InChI is InChI=1S/C22H17N3O5/c26-21(14-16-5-2-1-3-6-16)24-23-15-17-7-4-8-20(13-17)30-22(27)18-9-11-19(12-10-18)25(28)29/h1-13,15H,14H2,(H,24,26)/b23-15-. The number of nitrogens with one attached hydrogen (secondary N) is 1. The Morgan fingerprint density at radius 2 is 1.73 bits per heavy atom. The molecule has 0 atom stereocenters. The van der Waals surface area contributed by atoms with Crippen molar-refractivity contribution in [3.8, 4) is 5.75 Å². The summed E-state index contributed by atoms with van der Waals surface area (Å²) in [5, 5.41) is 14.6. The second-order valence-corrected chi connectivity index (χ2v) is 6.22. The number of ether oxygens (including phenoxy) is 1. The molecule has 0 fully saturated rings. The van der Waals surface area contributed by atoms with Crippen molar-refractivity contribution in [3.05, 3.63) is 106 Å². The van der Waals surface area contributed by atoms with Crippen LogP contribution in [0.3, 0.4) is 0 Å². The van der Waals surface area contributed by atoms with Crippen LogP contribution in [0.15, 0.2) is 84.0 Å². The van der Waals surface area contributed by atoms with Crippen molar-refractivity contribution in [1.82, 2.24) is 5.43 Å². The van der Waals surface area contributed by atoms with Crippen LogP contribution in [0, 0.1) is 10.1 Å². The van der Waals surface area contributed by atoms with Crippen molar-refractivity contribution in [2.45, 2.75) is 6.42 Å². The molecule has 150 valence electrons. The van der Waals surface area contributed by atoms with Crippen LogP contribution < -0.4 is 10.2 Å². The van der Waals surface area contributed by atoms with Crippen molar-refractivity contribution in [1.29, 1.82) is 0 Å². The maximum Gasteiger partial charge on any atom is 0.343 e. The van der Waals surface area contributed by atoms with Gasteiger partial charge in [0.15, 0.2) is 0 Å². The highest BCUT2D eigenvalue weighted by molar-refractivity contribution is 5.91. The fraction of sp³-hybridized carbons (Fsp3) is 0.0455. The van der Waals surface area contributed by atoms with Gasteiger partial charge in [-0.15, -0.1) is 0 Å². The third-order valence-corrected chi connectivity index (χ3v) is 3.99. The van der Waals surface area contributed by atoms with Crippen molar-refractivity contribution < 1.29 is 19.2 Å². The van der Waals surface area contributed by atoms with E-state index < -0.39 is 10.9 Å². The number of carbonyl (C=O) groups is 2. The summed E-state index contributed by atoms with van der Waals surface area (Å²) >= 11 is 0. The third kappa shape index (κ3) is 5.83. The summed E-state index contributed by atoms with van der Waals surface area (Å²) in [6.07, 6.45) is 1.65. The molecule has 8 nitrogen and oxygen atoms in total. The Morgan fingerprint density at radius 1 is 1.00 bits per heavy atom. The molecule has 0 radical (unpaired) electrons. The molecule has 0 unspecified atom stereocenters. The number of nitro benzene ring substituents is 1. The first-order valence-corrected chi connectivity index (χ1v) is 8.94. The van der Waals surface area contributed by atoms with Crippen LogP contribution in [0.1, 0.15) is 21.5 Å². The predicted molar refractivity (Wildman–Crippen MR) is 110 cm³/mol. The quantitative estimate of drug-likeness (QED) is 0.213. The van der Waals surface area contributed by atoms with Crippen LogP contribution in [0.5, 0.6) is 5.75 Å². The Balaban J connectivity index is 1.57. The van der Waals surface area contributed by atoms with Crippen LogP contribution >= 0.6 is 0 Å². The molecule has 0 aliphatic heterocycles. The van der Waals surface area contributed by atoms with Crippen LogP contribution in [0.4, 0.5) is 5.69 Å². The second kappa shape index (κ2) is 9.74. The van der Waals surface area contributed by atoms with E-state index in [1.807, 2.05) is 30.3 Å². The number of hydrogen-bond donors (Lipinski definition) is 1. The normalized spacial score (nSPS) is 10.5. The molecular weight excluding hydrogens is 386 g/mol. The summed E-state index contributed by atoms with van der Waals surface area (Å²) < 4.78 is 5.29. The van der Waals surface area contributed by atoms with E-state index in [0.717, 1.165) is 5.56 Å². The summed E-state index contributed by atoms with van der Waals surface area (Å²) in [6, 6.07) is 21.0. The third-order valence-electron chi connectivity index (χ3n) is 3.99. The second-order valence-electron chi connectivity index (χ2n) is 6.22. The molecule has 3 rings (SSSR count). The van der Waals surface area contributed by atoms with E-state index >= 15 is 0 Å². The molecule has 1 amide bonds. The van der Waals surface area contributed by atoms with E-state index in [9.17, 15) is 19.7 Å². The van der Waals surface area contributed by atoms with Gasteiger partial charge in [0.05, 0.1) is 23.1 Å². The summed E-state index contributed by atoms with van der Waals surface area (Å²) in [6.45, 7) is 0. The predicted octanol–water partition coefficient (Wildman–Crippen LogP) is 3.51. The summed E-state index contributed by atoms with van der Waals surface area (Å²) in [5.74, 6) is -0.619. The van der Waals surface area contributed by atoms with Gasteiger partial charge in [-0.1, -0.05) is 42.5 Å². The van der Waals surface area contributed by atoms with Gasteiger partial charge in [0.1, 0.15) is 5.75 Å². The van der Waals surface area contributed by atoms with Gasteiger partial charge in [-0.2, -0.15) is 5.10 Å². The van der Waals surface area contributed by atoms with E-state index in [2.05, 4.69) is 10.5 Å². The molecule has 0 aliphatic carbocycles. The molecule has 0 saturated heterocycles. The summed E-state index contributed by atoms with van der Waals surface area (Å²) in [5.41, 5.74) is 4.02. The molecule has 0 heterocycles. The molecule has 30 heavy (non-hydrogen) atoms. The van der Waals surface area contributed by atoms with Crippen LogP contribution in [-0.4, -0.2) is 23.0 Å². The maximum absolute atomic E-state index is 12.2. The lowest BCUT2D eigenvalue weighted by molar-refractivity contribution is -0.384. The van der Waals surface area contributed by atoms with Gasteiger partial charge in [0, 0.05) is 12.1 Å². The van der Waals surface area contributed by atoms with E-state index in [-0.39, 0.29) is 29.3 Å². The van der Waals surface area contributed by atoms with Crippen LogP contribution in [-0.2, 0) is 11.2 Å². The minimum Gasteiger partial charge on any atom is -0.423 e. The smallest absolute Gasteiger partial charge is 0.343 e. The zero-order chi connectivity index (χ0) is 21.3. The Hall–Kier alpha value is -4.33. The van der Waals surface area contributed by atoms with E-state index in [4.69, 9.17) is 4.74 Å². The molecule has 3 aromatic rings. The van der Waals surface area contributed by atoms with Gasteiger partial charge in [-0.3, -0.25) is 14.9 Å². The number of rotatable bonds is 7. The Kier molecular flexibility index (Phi) is 6.63. The number of carbonyl (C=O) groups excluding carboxylic acids is 2. The van der Waals surface area contributed by atoms with Crippen molar-refractivity contribution in [2.75, 3.05) is 0 Å². The highest BCUT2D eigenvalue weighted by atomic mass is 16.6. The zero-order valence-corrected chi connectivity index (χ0v) is 15.7. The average Bonchev–Trinajstić information content (AvgIpc) is 2.75. The van der Waals surface area contributed by atoms with Crippen molar-refractivity contribution >= 4 is 23.8 Å². The number of nitro groups is 1. The number of benzene rings is 3. The molecule has 0 spiro atoms. The van der Waals surface area contributed by atoms with Crippen LogP contribution in [0.2, 0.25) is 0 Å². The van der Waals surface area contributed by atoms with Gasteiger partial charge >= 0.3 is 5.97 Å². The van der Waals surface area contributed by atoms with Crippen molar-refractivity contribution in [2.24, 2.45) is 5.10 Å². The van der Waals surface area contributed by atoms with Crippen LogP contribution in [0.25, 0.3) is 0 Å². The Bertz CT molecular complexity index is 1080. The highest BCUT2D eigenvalue weighted by Crippen LogP contribution is 2.16. The molecule has 0 bridgehead atoms. The lowest BCUT2D eigenvalue weighted by Crippen LogP contribution is -2.19. The van der Waals surface area contributed by atoms with Gasteiger partial charge < -0.3 is 4.74 Å². The minimum atomic E-state index is -0.643. The van der Waals surface area contributed by atoms with Crippen molar-refractivity contribution in [3.63, 3.8) is 0 Å². The minimum absolute atomic E-state index is 0.112. The Labute approximate surface area is 172 Å². The van der Waals surface area contributed by atoms with E-state index in [1.54, 1.807) is 24.3 Å². The lowest BCUT2D eigenvalue weighted by Gasteiger charge is -2.05. The topological polar surface area (TPSA) is 111 Å². The first-order valence-electron chi connectivity index (χ1n) is 8.94. The first-order chi connectivity index (χ1) is 14.5. The first kappa shape index (κ1) is 20.4. The van der Waals surface area contributed by atoms with Gasteiger partial charge in [-0.05, 0) is 35.4 Å².